The molecule has 8 heteroatoms. The van der Waals surface area contributed by atoms with E-state index in [1.54, 1.807) is 12.1 Å². The number of amides is 1. The van der Waals surface area contributed by atoms with Crippen LogP contribution < -0.4 is 15.8 Å². The topological polar surface area (TPSA) is 67.6 Å². The average Bonchev–Trinajstić information content (AvgIpc) is 2.60. The zero-order chi connectivity index (χ0) is 18.9. The van der Waals surface area contributed by atoms with E-state index in [1.807, 2.05) is 35.2 Å². The van der Waals surface area contributed by atoms with E-state index in [2.05, 4.69) is 10.1 Å². The maximum Gasteiger partial charge on any atom is 0.387 e. The van der Waals surface area contributed by atoms with Crippen LogP contribution in [0.2, 0.25) is 0 Å². The number of halogens is 2. The molecule has 138 valence electrons. The lowest BCUT2D eigenvalue weighted by atomic mass is 10.2. The second kappa shape index (κ2) is 9.67. The summed E-state index contributed by atoms with van der Waals surface area (Å²) in [6.07, 6.45) is 0.163. The Kier molecular flexibility index (Phi) is 7.28. The van der Waals surface area contributed by atoms with Gasteiger partial charge in [0.25, 0.3) is 0 Å². The zero-order valence-electron chi connectivity index (χ0n) is 13.9. The second-order valence-electron chi connectivity index (χ2n) is 5.46. The number of hydrogen-bond acceptors (Lipinski definition) is 3. The van der Waals surface area contributed by atoms with E-state index in [4.69, 9.17) is 18.0 Å². The van der Waals surface area contributed by atoms with Crippen LogP contribution >= 0.6 is 12.2 Å². The van der Waals surface area contributed by atoms with Crippen molar-refractivity contribution in [3.8, 4) is 5.75 Å². The van der Waals surface area contributed by atoms with Crippen LogP contribution in [0.15, 0.2) is 54.6 Å². The fraction of sp³-hybridized carbons (Fsp3) is 0.222. The van der Waals surface area contributed by atoms with Gasteiger partial charge >= 0.3 is 6.61 Å². The number of rotatable bonds is 8. The van der Waals surface area contributed by atoms with Gasteiger partial charge in [0.1, 0.15) is 5.75 Å². The summed E-state index contributed by atoms with van der Waals surface area (Å²) in [6, 6.07) is 15.7. The van der Waals surface area contributed by atoms with Gasteiger partial charge in [-0.3, -0.25) is 4.79 Å². The first kappa shape index (κ1) is 19.6. The summed E-state index contributed by atoms with van der Waals surface area (Å²) in [4.78, 5) is 12.9. The summed E-state index contributed by atoms with van der Waals surface area (Å²) >= 11 is 5.42. The SMILES string of the molecule is NC(=O)CCN(Cc1ccccc1)C(=S)Nc1ccc(OC(F)F)cc1. The lowest BCUT2D eigenvalue weighted by Gasteiger charge is -2.25. The van der Waals surface area contributed by atoms with Crippen LogP contribution in [0.5, 0.6) is 5.75 Å². The summed E-state index contributed by atoms with van der Waals surface area (Å²) in [6.45, 7) is -2.00. The normalized spacial score (nSPS) is 10.4. The fourth-order valence-corrected chi connectivity index (χ4v) is 2.50. The number of nitrogens with zero attached hydrogens (tertiary/aromatic N) is 1. The molecule has 2 aromatic carbocycles. The molecule has 2 aromatic rings. The van der Waals surface area contributed by atoms with Gasteiger partial charge in [-0.25, -0.2) is 0 Å². The molecule has 0 aliphatic carbocycles. The van der Waals surface area contributed by atoms with Crippen molar-refractivity contribution in [3.05, 3.63) is 60.2 Å². The van der Waals surface area contributed by atoms with Crippen molar-refractivity contribution in [3.63, 3.8) is 0 Å². The van der Waals surface area contributed by atoms with Crippen LogP contribution in [0, 0.1) is 0 Å². The molecule has 0 aliphatic rings. The molecule has 2 rings (SSSR count). The highest BCUT2D eigenvalue weighted by molar-refractivity contribution is 7.80. The standard InChI is InChI=1S/C18H19F2N3O2S/c19-17(20)25-15-8-6-14(7-9-15)22-18(26)23(11-10-16(21)24)12-13-4-2-1-3-5-13/h1-9,17H,10-12H2,(H2,21,24)(H,22,26). The van der Waals surface area contributed by atoms with Crippen LogP contribution in [-0.2, 0) is 11.3 Å². The van der Waals surface area contributed by atoms with Gasteiger partial charge in [-0.1, -0.05) is 30.3 Å². The number of ether oxygens (including phenoxy) is 1. The summed E-state index contributed by atoms with van der Waals surface area (Å²) in [5, 5.41) is 3.43. The van der Waals surface area contributed by atoms with Gasteiger partial charge in [0, 0.05) is 25.2 Å². The summed E-state index contributed by atoms with van der Waals surface area (Å²) in [5.74, 6) is -0.356. The number of primary amides is 1. The molecule has 0 aromatic heterocycles. The molecule has 0 spiro atoms. The van der Waals surface area contributed by atoms with Gasteiger partial charge < -0.3 is 20.7 Å². The third kappa shape index (κ3) is 6.64. The minimum absolute atomic E-state index is 0.0614. The number of carbonyl (C=O) groups excluding carboxylic acids is 1. The van der Waals surface area contributed by atoms with Crippen molar-refractivity contribution < 1.29 is 18.3 Å². The first-order valence-electron chi connectivity index (χ1n) is 7.87. The fourth-order valence-electron chi connectivity index (χ4n) is 2.22. The molecule has 0 aliphatic heterocycles. The Balaban J connectivity index is 2.03. The molecule has 1 amide bonds. The highest BCUT2D eigenvalue weighted by Crippen LogP contribution is 2.18. The molecular formula is C18H19F2N3O2S. The summed E-state index contributed by atoms with van der Waals surface area (Å²) < 4.78 is 28.7. The second-order valence-corrected chi connectivity index (χ2v) is 5.84. The maximum absolute atomic E-state index is 12.2. The van der Waals surface area contributed by atoms with Gasteiger partial charge in [0.05, 0.1) is 0 Å². The number of nitrogens with two attached hydrogens (primary N) is 1. The molecule has 0 atom stereocenters. The van der Waals surface area contributed by atoms with Crippen molar-refractivity contribution >= 4 is 28.9 Å². The number of alkyl halides is 2. The highest BCUT2D eigenvalue weighted by Gasteiger charge is 2.12. The Hall–Kier alpha value is -2.74. The Bertz CT molecular complexity index is 727. The monoisotopic (exact) mass is 379 g/mol. The van der Waals surface area contributed by atoms with Crippen LogP contribution in [0.3, 0.4) is 0 Å². The molecular weight excluding hydrogens is 360 g/mol. The summed E-state index contributed by atoms with van der Waals surface area (Å²) in [5.41, 5.74) is 6.89. The smallest absolute Gasteiger partial charge is 0.387 e. The van der Waals surface area contributed by atoms with Crippen LogP contribution in [-0.4, -0.2) is 29.1 Å². The number of nitrogens with one attached hydrogen (secondary N) is 1. The van der Waals surface area contributed by atoms with Crippen LogP contribution in [0.25, 0.3) is 0 Å². The molecule has 5 nitrogen and oxygen atoms in total. The van der Waals surface area contributed by atoms with Crippen molar-refractivity contribution in [2.75, 3.05) is 11.9 Å². The number of hydrogen-bond donors (Lipinski definition) is 2. The van der Waals surface area contributed by atoms with Gasteiger partial charge in [-0.05, 0) is 42.0 Å². The van der Waals surface area contributed by atoms with Crippen molar-refractivity contribution in [1.82, 2.24) is 4.90 Å². The first-order valence-corrected chi connectivity index (χ1v) is 8.28. The highest BCUT2D eigenvalue weighted by atomic mass is 32.1. The Morgan fingerprint density at radius 2 is 1.81 bits per heavy atom. The average molecular weight is 379 g/mol. The third-order valence-electron chi connectivity index (χ3n) is 3.46. The molecule has 0 radical (unpaired) electrons. The van der Waals surface area contributed by atoms with E-state index in [-0.39, 0.29) is 12.2 Å². The van der Waals surface area contributed by atoms with E-state index in [1.165, 1.54) is 12.1 Å². The van der Waals surface area contributed by atoms with Crippen molar-refractivity contribution in [2.45, 2.75) is 19.6 Å². The largest absolute Gasteiger partial charge is 0.435 e. The lowest BCUT2D eigenvalue weighted by molar-refractivity contribution is -0.118. The minimum Gasteiger partial charge on any atom is -0.435 e. The minimum atomic E-state index is -2.87. The van der Waals surface area contributed by atoms with E-state index in [0.29, 0.717) is 23.9 Å². The zero-order valence-corrected chi connectivity index (χ0v) is 14.7. The predicted molar refractivity (Wildman–Crippen MR) is 100.0 cm³/mol. The number of carbonyl (C=O) groups is 1. The van der Waals surface area contributed by atoms with E-state index in [0.717, 1.165) is 5.56 Å². The van der Waals surface area contributed by atoms with E-state index < -0.39 is 12.5 Å². The Morgan fingerprint density at radius 3 is 2.38 bits per heavy atom. The van der Waals surface area contributed by atoms with Crippen LogP contribution in [0.4, 0.5) is 14.5 Å². The maximum atomic E-state index is 12.2. The number of anilines is 1. The molecule has 0 saturated heterocycles. The Morgan fingerprint density at radius 1 is 1.15 bits per heavy atom. The van der Waals surface area contributed by atoms with Gasteiger partial charge in [0.2, 0.25) is 5.91 Å². The van der Waals surface area contributed by atoms with E-state index >= 15 is 0 Å². The molecule has 3 N–H and O–H groups in total. The van der Waals surface area contributed by atoms with Gasteiger partial charge in [-0.15, -0.1) is 0 Å². The van der Waals surface area contributed by atoms with Gasteiger partial charge in [-0.2, -0.15) is 8.78 Å². The van der Waals surface area contributed by atoms with Gasteiger partial charge in [0.15, 0.2) is 5.11 Å². The number of benzene rings is 2. The molecule has 0 saturated carbocycles. The Labute approximate surface area is 155 Å². The lowest BCUT2D eigenvalue weighted by Crippen LogP contribution is -2.36. The van der Waals surface area contributed by atoms with Crippen LogP contribution in [0.1, 0.15) is 12.0 Å². The third-order valence-corrected chi connectivity index (χ3v) is 3.82. The quantitative estimate of drug-likeness (QED) is 0.689. The molecule has 0 bridgehead atoms. The molecule has 0 heterocycles. The molecule has 0 unspecified atom stereocenters. The van der Waals surface area contributed by atoms with Crippen molar-refractivity contribution in [2.24, 2.45) is 5.73 Å². The summed E-state index contributed by atoms with van der Waals surface area (Å²) in [7, 11) is 0. The van der Waals surface area contributed by atoms with Crippen molar-refractivity contribution in [1.29, 1.82) is 0 Å². The van der Waals surface area contributed by atoms with E-state index in [9.17, 15) is 13.6 Å². The molecule has 26 heavy (non-hydrogen) atoms. The molecule has 0 fully saturated rings. The predicted octanol–water partition coefficient (Wildman–Crippen LogP) is 3.36. The first-order chi connectivity index (χ1) is 12.4. The number of thiocarbonyl (C=S) groups is 1.